The van der Waals surface area contributed by atoms with Crippen LogP contribution >= 0.6 is 11.6 Å². The molecule has 0 spiro atoms. The monoisotopic (exact) mass is 257 g/mol. The molecule has 1 aromatic carbocycles. The van der Waals surface area contributed by atoms with Crippen LogP contribution in [0, 0.1) is 0 Å². The molecule has 0 saturated heterocycles. The Morgan fingerprint density at radius 2 is 2.24 bits per heavy atom. The van der Waals surface area contributed by atoms with E-state index in [9.17, 15) is 9.90 Å². The van der Waals surface area contributed by atoms with Crippen LogP contribution in [0.4, 0.5) is 0 Å². The molecule has 0 saturated carbocycles. The fourth-order valence-electron chi connectivity index (χ4n) is 1.50. The molecule has 0 heterocycles. The Labute approximate surface area is 105 Å². The van der Waals surface area contributed by atoms with Crippen LogP contribution in [-0.4, -0.2) is 22.2 Å². The fourth-order valence-corrected chi connectivity index (χ4v) is 1.71. The summed E-state index contributed by atoms with van der Waals surface area (Å²) < 4.78 is 0. The first-order valence-electron chi connectivity index (χ1n) is 5.48. The normalized spacial score (nSPS) is 12.4. The Kier molecular flexibility index (Phi) is 5.25. The Balaban J connectivity index is 2.59. The van der Waals surface area contributed by atoms with Gasteiger partial charge in [0.05, 0.1) is 5.02 Å². The van der Waals surface area contributed by atoms with Gasteiger partial charge in [-0.15, -0.1) is 0 Å². The highest BCUT2D eigenvalue weighted by atomic mass is 35.5. The Morgan fingerprint density at radius 3 is 2.76 bits per heavy atom. The quantitative estimate of drug-likeness (QED) is 0.732. The molecule has 0 bridgehead atoms. The summed E-state index contributed by atoms with van der Waals surface area (Å²) in [6, 6.07) is 4.27. The van der Waals surface area contributed by atoms with Crippen molar-refractivity contribution < 1.29 is 15.0 Å². The van der Waals surface area contributed by atoms with Crippen molar-refractivity contribution in [3.05, 3.63) is 28.8 Å². The largest absolute Gasteiger partial charge is 0.506 e. The average molecular weight is 258 g/mol. The Bertz CT molecular complexity index is 395. The van der Waals surface area contributed by atoms with E-state index in [2.05, 4.69) is 5.32 Å². The van der Waals surface area contributed by atoms with Crippen LogP contribution < -0.4 is 5.32 Å². The first kappa shape index (κ1) is 13.8. The number of hydrogen-bond acceptors (Lipinski definition) is 3. The van der Waals surface area contributed by atoms with Crippen LogP contribution in [0.2, 0.25) is 5.02 Å². The van der Waals surface area contributed by atoms with Gasteiger partial charge in [-0.2, -0.15) is 0 Å². The van der Waals surface area contributed by atoms with Crippen molar-refractivity contribution in [1.82, 2.24) is 5.32 Å². The van der Waals surface area contributed by atoms with E-state index >= 15 is 0 Å². The fraction of sp³-hybridized carbons (Fsp3) is 0.417. The third-order valence-corrected chi connectivity index (χ3v) is 2.74. The summed E-state index contributed by atoms with van der Waals surface area (Å²) in [5.41, 5.74) is 0.843. The molecule has 1 unspecified atom stereocenters. The second-order valence-corrected chi connectivity index (χ2v) is 4.25. The minimum Gasteiger partial charge on any atom is -0.506 e. The molecule has 1 atom stereocenters. The molecule has 0 radical (unpaired) electrons. The molecule has 0 fully saturated rings. The molecule has 17 heavy (non-hydrogen) atoms. The number of carbonyl (C=O) groups is 1. The first-order valence-corrected chi connectivity index (χ1v) is 5.86. The SMILES string of the molecule is CCCC(NCc1ccc(O)c(Cl)c1)C(=O)O. The van der Waals surface area contributed by atoms with Gasteiger partial charge in [-0.25, -0.2) is 0 Å². The second-order valence-electron chi connectivity index (χ2n) is 3.85. The molecule has 4 nitrogen and oxygen atoms in total. The average Bonchev–Trinajstić information content (AvgIpc) is 2.28. The van der Waals surface area contributed by atoms with Gasteiger partial charge in [-0.05, 0) is 24.1 Å². The minimum atomic E-state index is -0.850. The van der Waals surface area contributed by atoms with E-state index in [0.29, 0.717) is 13.0 Å². The molecule has 3 N–H and O–H groups in total. The van der Waals surface area contributed by atoms with Crippen LogP contribution in [0.3, 0.4) is 0 Å². The third kappa shape index (κ3) is 4.24. The van der Waals surface area contributed by atoms with Crippen molar-refractivity contribution in [2.45, 2.75) is 32.4 Å². The first-order chi connectivity index (χ1) is 8.04. The van der Waals surface area contributed by atoms with E-state index in [4.69, 9.17) is 16.7 Å². The van der Waals surface area contributed by atoms with Crippen LogP contribution in [-0.2, 0) is 11.3 Å². The number of phenolic OH excluding ortho intramolecular Hbond substituents is 1. The molecular weight excluding hydrogens is 242 g/mol. The molecule has 0 aliphatic heterocycles. The molecule has 0 aliphatic rings. The zero-order valence-corrected chi connectivity index (χ0v) is 10.4. The summed E-state index contributed by atoms with van der Waals surface area (Å²) in [4.78, 5) is 10.9. The highest BCUT2D eigenvalue weighted by molar-refractivity contribution is 6.32. The number of phenols is 1. The number of rotatable bonds is 6. The number of halogens is 1. The topological polar surface area (TPSA) is 69.6 Å². The summed E-state index contributed by atoms with van der Waals surface area (Å²) in [6.45, 7) is 2.35. The lowest BCUT2D eigenvalue weighted by Crippen LogP contribution is -2.35. The predicted molar refractivity (Wildman–Crippen MR) is 66.3 cm³/mol. The number of carboxylic acids is 1. The third-order valence-electron chi connectivity index (χ3n) is 2.44. The molecule has 94 valence electrons. The van der Waals surface area contributed by atoms with Gasteiger partial charge in [0.2, 0.25) is 0 Å². The summed E-state index contributed by atoms with van der Waals surface area (Å²) in [7, 11) is 0. The standard InChI is InChI=1S/C12H16ClNO3/c1-2-3-10(12(16)17)14-7-8-4-5-11(15)9(13)6-8/h4-6,10,14-15H,2-3,7H2,1H3,(H,16,17). The summed E-state index contributed by atoms with van der Waals surface area (Å²) in [5, 5.41) is 21.4. The van der Waals surface area contributed by atoms with Crippen molar-refractivity contribution in [3.63, 3.8) is 0 Å². The van der Waals surface area contributed by atoms with Gasteiger partial charge in [0, 0.05) is 6.54 Å². The minimum absolute atomic E-state index is 0.0266. The summed E-state index contributed by atoms with van der Waals surface area (Å²) >= 11 is 5.76. The second kappa shape index (κ2) is 6.47. The van der Waals surface area contributed by atoms with Crippen LogP contribution in [0.5, 0.6) is 5.75 Å². The van der Waals surface area contributed by atoms with E-state index < -0.39 is 12.0 Å². The maximum absolute atomic E-state index is 10.9. The van der Waals surface area contributed by atoms with Gasteiger partial charge in [0.15, 0.2) is 0 Å². The van der Waals surface area contributed by atoms with Crippen molar-refractivity contribution in [2.75, 3.05) is 0 Å². The maximum Gasteiger partial charge on any atom is 0.320 e. The van der Waals surface area contributed by atoms with Crippen molar-refractivity contribution in [2.24, 2.45) is 0 Å². The molecule has 1 rings (SSSR count). The zero-order valence-electron chi connectivity index (χ0n) is 9.61. The van der Waals surface area contributed by atoms with Crippen LogP contribution in [0.15, 0.2) is 18.2 Å². The van der Waals surface area contributed by atoms with Crippen LogP contribution in [0.1, 0.15) is 25.3 Å². The summed E-state index contributed by atoms with van der Waals surface area (Å²) in [6.07, 6.45) is 1.39. The van der Waals surface area contributed by atoms with E-state index in [1.54, 1.807) is 12.1 Å². The number of aromatic hydroxyl groups is 1. The molecule has 0 aromatic heterocycles. The molecule has 5 heteroatoms. The zero-order chi connectivity index (χ0) is 12.8. The number of benzene rings is 1. The van der Waals surface area contributed by atoms with E-state index in [-0.39, 0.29) is 10.8 Å². The van der Waals surface area contributed by atoms with Gasteiger partial charge in [0.1, 0.15) is 11.8 Å². The van der Waals surface area contributed by atoms with Crippen molar-refractivity contribution in [3.8, 4) is 5.75 Å². The van der Waals surface area contributed by atoms with Crippen molar-refractivity contribution >= 4 is 17.6 Å². The van der Waals surface area contributed by atoms with E-state index in [1.165, 1.54) is 6.07 Å². The van der Waals surface area contributed by atoms with E-state index in [1.807, 2.05) is 6.92 Å². The number of nitrogens with one attached hydrogen (secondary N) is 1. The smallest absolute Gasteiger partial charge is 0.320 e. The number of aliphatic carboxylic acids is 1. The Hall–Kier alpha value is -1.26. The molecule has 0 amide bonds. The summed E-state index contributed by atoms with van der Waals surface area (Å²) in [5.74, 6) is -0.824. The highest BCUT2D eigenvalue weighted by Gasteiger charge is 2.15. The van der Waals surface area contributed by atoms with Gasteiger partial charge in [0.25, 0.3) is 0 Å². The molecular formula is C12H16ClNO3. The maximum atomic E-state index is 10.9. The molecule has 1 aromatic rings. The van der Waals surface area contributed by atoms with Gasteiger partial charge >= 0.3 is 5.97 Å². The lowest BCUT2D eigenvalue weighted by molar-refractivity contribution is -0.139. The predicted octanol–water partition coefficient (Wildman–Crippen LogP) is 2.39. The number of carboxylic acid groups (broad SMARTS) is 1. The highest BCUT2D eigenvalue weighted by Crippen LogP contribution is 2.23. The van der Waals surface area contributed by atoms with Gasteiger partial charge in [-0.3, -0.25) is 4.79 Å². The van der Waals surface area contributed by atoms with Gasteiger partial charge < -0.3 is 15.5 Å². The Morgan fingerprint density at radius 1 is 1.53 bits per heavy atom. The number of hydrogen-bond donors (Lipinski definition) is 3. The molecule has 0 aliphatic carbocycles. The van der Waals surface area contributed by atoms with Crippen LogP contribution in [0.25, 0.3) is 0 Å². The van der Waals surface area contributed by atoms with Crippen molar-refractivity contribution in [1.29, 1.82) is 0 Å². The lowest BCUT2D eigenvalue weighted by Gasteiger charge is -2.13. The van der Waals surface area contributed by atoms with Gasteiger partial charge in [-0.1, -0.05) is 31.0 Å². The van der Waals surface area contributed by atoms with E-state index in [0.717, 1.165) is 12.0 Å². The lowest BCUT2D eigenvalue weighted by atomic mass is 10.1.